The topological polar surface area (TPSA) is 50.2 Å². The number of likely N-dealkylation sites (tertiary alicyclic amines) is 1. The van der Waals surface area contributed by atoms with Crippen molar-refractivity contribution in [3.63, 3.8) is 0 Å². The molecule has 2 rings (SSSR count). The maximum atomic E-state index is 12.2. The van der Waals surface area contributed by atoms with E-state index >= 15 is 0 Å². The van der Waals surface area contributed by atoms with Crippen molar-refractivity contribution in [2.75, 3.05) is 26.7 Å². The van der Waals surface area contributed by atoms with Crippen LogP contribution in [-0.2, 0) is 11.3 Å². The standard InChI is InChI=1S/C13H22N4O.2ClH/c1-10-6-11(2)17(15-10)9-13(18)16-5-4-12(8-16)7-14-3;;/h6,12,14H,4-5,7-9H2,1-3H3;2*1H. The molecular weight excluding hydrogens is 299 g/mol. The summed E-state index contributed by atoms with van der Waals surface area (Å²) in [6.07, 6.45) is 1.10. The largest absolute Gasteiger partial charge is 0.341 e. The lowest BCUT2D eigenvalue weighted by Crippen LogP contribution is -2.33. The third-order valence-corrected chi connectivity index (χ3v) is 3.52. The number of aryl methyl sites for hydroxylation is 2. The molecule has 0 aromatic carbocycles. The predicted octanol–water partition coefficient (Wildman–Crippen LogP) is 1.41. The molecular formula is C13H24Cl2N4O. The summed E-state index contributed by atoms with van der Waals surface area (Å²) in [6.45, 7) is 7.05. The molecule has 0 bridgehead atoms. The normalized spacial score (nSPS) is 17.6. The highest BCUT2D eigenvalue weighted by atomic mass is 35.5. The smallest absolute Gasteiger partial charge is 0.244 e. The van der Waals surface area contributed by atoms with Crippen molar-refractivity contribution in [2.24, 2.45) is 5.92 Å². The van der Waals surface area contributed by atoms with Gasteiger partial charge in [0.05, 0.1) is 5.69 Å². The van der Waals surface area contributed by atoms with Crippen LogP contribution < -0.4 is 5.32 Å². The molecule has 1 N–H and O–H groups in total. The van der Waals surface area contributed by atoms with Crippen LogP contribution in [0.15, 0.2) is 6.07 Å². The van der Waals surface area contributed by atoms with Crippen LogP contribution in [-0.4, -0.2) is 47.3 Å². The van der Waals surface area contributed by atoms with E-state index in [-0.39, 0.29) is 30.7 Å². The molecule has 2 heterocycles. The molecule has 0 spiro atoms. The summed E-state index contributed by atoms with van der Waals surface area (Å²) in [7, 11) is 1.96. The molecule has 0 saturated carbocycles. The predicted molar refractivity (Wildman–Crippen MR) is 84.8 cm³/mol. The van der Waals surface area contributed by atoms with E-state index in [1.54, 1.807) is 4.68 Å². The molecule has 5 nitrogen and oxygen atoms in total. The van der Waals surface area contributed by atoms with E-state index in [0.29, 0.717) is 12.5 Å². The maximum Gasteiger partial charge on any atom is 0.244 e. The van der Waals surface area contributed by atoms with Crippen molar-refractivity contribution >= 4 is 30.7 Å². The highest BCUT2D eigenvalue weighted by molar-refractivity contribution is 5.85. The fourth-order valence-electron chi connectivity index (χ4n) is 2.58. The monoisotopic (exact) mass is 322 g/mol. The van der Waals surface area contributed by atoms with Crippen LogP contribution in [0, 0.1) is 19.8 Å². The molecule has 1 fully saturated rings. The number of nitrogens with one attached hydrogen (secondary N) is 1. The Morgan fingerprint density at radius 3 is 2.70 bits per heavy atom. The molecule has 1 saturated heterocycles. The van der Waals surface area contributed by atoms with Gasteiger partial charge in [-0.2, -0.15) is 5.10 Å². The van der Waals surface area contributed by atoms with Gasteiger partial charge >= 0.3 is 0 Å². The zero-order chi connectivity index (χ0) is 13.1. The number of carbonyl (C=O) groups is 1. The van der Waals surface area contributed by atoms with Gasteiger partial charge in [0.2, 0.25) is 5.91 Å². The van der Waals surface area contributed by atoms with Gasteiger partial charge < -0.3 is 10.2 Å². The number of nitrogens with zero attached hydrogens (tertiary/aromatic N) is 3. The molecule has 7 heteroatoms. The number of hydrogen-bond acceptors (Lipinski definition) is 3. The molecule has 0 radical (unpaired) electrons. The second kappa shape index (κ2) is 8.49. The number of aromatic nitrogens is 2. The van der Waals surface area contributed by atoms with Gasteiger partial charge in [0, 0.05) is 18.8 Å². The Balaban J connectivity index is 0.00000180. The van der Waals surface area contributed by atoms with Gasteiger partial charge in [-0.1, -0.05) is 0 Å². The summed E-state index contributed by atoms with van der Waals surface area (Å²) in [4.78, 5) is 14.1. The van der Waals surface area contributed by atoms with Crippen molar-refractivity contribution in [2.45, 2.75) is 26.8 Å². The minimum atomic E-state index is 0. The number of carbonyl (C=O) groups excluding carboxylic acids is 1. The SMILES string of the molecule is CNCC1CCN(C(=O)Cn2nc(C)cc2C)C1.Cl.Cl. The summed E-state index contributed by atoms with van der Waals surface area (Å²) >= 11 is 0. The van der Waals surface area contributed by atoms with E-state index in [0.717, 1.165) is 37.4 Å². The minimum absolute atomic E-state index is 0. The molecule has 1 aliphatic heterocycles. The van der Waals surface area contributed by atoms with Gasteiger partial charge in [-0.25, -0.2) is 0 Å². The number of rotatable bonds is 4. The average Bonchev–Trinajstić information content (AvgIpc) is 2.87. The van der Waals surface area contributed by atoms with Crippen LogP contribution >= 0.6 is 24.8 Å². The number of amides is 1. The lowest BCUT2D eigenvalue weighted by molar-refractivity contribution is -0.131. The Kier molecular flexibility index (Phi) is 8.16. The average molecular weight is 323 g/mol. The summed E-state index contributed by atoms with van der Waals surface area (Å²) in [6, 6.07) is 2.00. The zero-order valence-electron chi connectivity index (χ0n) is 12.3. The Labute approximate surface area is 132 Å². The van der Waals surface area contributed by atoms with Gasteiger partial charge in [0.25, 0.3) is 0 Å². The quantitative estimate of drug-likeness (QED) is 0.911. The van der Waals surface area contributed by atoms with Crippen LogP contribution in [0.3, 0.4) is 0 Å². The first-order valence-corrected chi connectivity index (χ1v) is 6.53. The van der Waals surface area contributed by atoms with E-state index in [4.69, 9.17) is 0 Å². The highest BCUT2D eigenvalue weighted by Gasteiger charge is 2.25. The van der Waals surface area contributed by atoms with Crippen LogP contribution in [0.4, 0.5) is 0 Å². The Morgan fingerprint density at radius 1 is 1.45 bits per heavy atom. The van der Waals surface area contributed by atoms with Crippen LogP contribution in [0.5, 0.6) is 0 Å². The first-order valence-electron chi connectivity index (χ1n) is 6.53. The van der Waals surface area contributed by atoms with E-state index < -0.39 is 0 Å². The van der Waals surface area contributed by atoms with Gasteiger partial charge in [-0.3, -0.25) is 9.48 Å². The molecule has 1 aliphatic rings. The van der Waals surface area contributed by atoms with E-state index in [1.807, 2.05) is 31.9 Å². The van der Waals surface area contributed by atoms with Crippen LogP contribution in [0.2, 0.25) is 0 Å². The van der Waals surface area contributed by atoms with Gasteiger partial charge in [-0.15, -0.1) is 24.8 Å². The molecule has 116 valence electrons. The van der Waals surface area contributed by atoms with Crippen molar-refractivity contribution in [3.05, 3.63) is 17.5 Å². The van der Waals surface area contributed by atoms with Crippen molar-refractivity contribution in [3.8, 4) is 0 Å². The fraction of sp³-hybridized carbons (Fsp3) is 0.692. The van der Waals surface area contributed by atoms with Crippen molar-refractivity contribution < 1.29 is 4.79 Å². The van der Waals surface area contributed by atoms with E-state index in [9.17, 15) is 4.79 Å². The third-order valence-electron chi connectivity index (χ3n) is 3.52. The second-order valence-electron chi connectivity index (χ2n) is 5.14. The van der Waals surface area contributed by atoms with Crippen molar-refractivity contribution in [1.82, 2.24) is 20.0 Å². The Hall–Kier alpha value is -0.780. The lowest BCUT2D eigenvalue weighted by Gasteiger charge is -2.17. The van der Waals surface area contributed by atoms with E-state index in [1.165, 1.54) is 0 Å². The van der Waals surface area contributed by atoms with Gasteiger partial charge in [-0.05, 0) is 45.8 Å². The molecule has 0 aliphatic carbocycles. The van der Waals surface area contributed by atoms with Crippen LogP contribution in [0.25, 0.3) is 0 Å². The number of halogens is 2. The third kappa shape index (κ3) is 4.65. The van der Waals surface area contributed by atoms with Crippen LogP contribution in [0.1, 0.15) is 17.8 Å². The van der Waals surface area contributed by atoms with Gasteiger partial charge in [0.1, 0.15) is 6.54 Å². The first-order chi connectivity index (χ1) is 8.60. The summed E-state index contributed by atoms with van der Waals surface area (Å²) in [5.41, 5.74) is 2.02. The molecule has 20 heavy (non-hydrogen) atoms. The molecule has 1 unspecified atom stereocenters. The van der Waals surface area contributed by atoms with Gasteiger partial charge in [0.15, 0.2) is 0 Å². The highest BCUT2D eigenvalue weighted by Crippen LogP contribution is 2.16. The lowest BCUT2D eigenvalue weighted by atomic mass is 10.1. The zero-order valence-corrected chi connectivity index (χ0v) is 13.9. The minimum Gasteiger partial charge on any atom is -0.341 e. The molecule has 1 atom stereocenters. The summed E-state index contributed by atoms with van der Waals surface area (Å²) in [5.74, 6) is 0.777. The molecule has 1 aromatic heterocycles. The fourth-order valence-corrected chi connectivity index (χ4v) is 2.58. The summed E-state index contributed by atoms with van der Waals surface area (Å²) < 4.78 is 1.79. The Morgan fingerprint density at radius 2 is 2.15 bits per heavy atom. The van der Waals surface area contributed by atoms with E-state index in [2.05, 4.69) is 10.4 Å². The Bertz CT molecular complexity index is 436. The molecule has 1 aromatic rings. The second-order valence-corrected chi connectivity index (χ2v) is 5.14. The number of hydrogen-bond donors (Lipinski definition) is 1. The summed E-state index contributed by atoms with van der Waals surface area (Å²) in [5, 5.41) is 7.51. The maximum absolute atomic E-state index is 12.2. The first kappa shape index (κ1) is 19.2. The molecule has 1 amide bonds. The van der Waals surface area contributed by atoms with Crippen molar-refractivity contribution in [1.29, 1.82) is 0 Å².